The van der Waals surface area contributed by atoms with E-state index in [2.05, 4.69) is 20.4 Å². The standard InChI is InChI=1S/C29H40O9/c1-14-23(33)29-21(36-17(4)32)12-19-25(5,6)11-10-20(35-16(3)31)27(19,9)22(29)18(34-15(2)30)13-28(14)24(29)37-26(7,8)38-28/h18-22,24H,1,10-13H2,2-9H3/t18?,19?,20-,21-,22?,24?,27+,28-,29?/m1/s1. The Morgan fingerprint density at radius 3 is 2.08 bits per heavy atom. The first kappa shape index (κ1) is 27.3. The minimum Gasteiger partial charge on any atom is -0.462 e. The van der Waals surface area contributed by atoms with Crippen molar-refractivity contribution in [3.8, 4) is 0 Å². The maximum Gasteiger partial charge on any atom is 0.302 e. The van der Waals surface area contributed by atoms with E-state index in [1.807, 2.05) is 6.92 Å². The second-order valence-electron chi connectivity index (χ2n) is 13.3. The lowest BCUT2D eigenvalue weighted by Gasteiger charge is -2.68. The molecule has 9 nitrogen and oxygen atoms in total. The van der Waals surface area contributed by atoms with E-state index in [0.29, 0.717) is 12.8 Å². The third-order valence-electron chi connectivity index (χ3n) is 10.3. The van der Waals surface area contributed by atoms with Crippen molar-refractivity contribution in [1.29, 1.82) is 0 Å². The zero-order valence-electron chi connectivity index (χ0n) is 23.7. The highest BCUT2D eigenvalue weighted by molar-refractivity contribution is 6.07. The zero-order chi connectivity index (χ0) is 28.2. The summed E-state index contributed by atoms with van der Waals surface area (Å²) in [6.07, 6.45) is -1.12. The first-order chi connectivity index (χ1) is 17.4. The van der Waals surface area contributed by atoms with E-state index in [-0.39, 0.29) is 29.1 Å². The van der Waals surface area contributed by atoms with E-state index < -0.39 is 70.5 Å². The Kier molecular flexibility index (Phi) is 5.84. The van der Waals surface area contributed by atoms with Crippen LogP contribution >= 0.6 is 0 Å². The van der Waals surface area contributed by atoms with Gasteiger partial charge in [-0.2, -0.15) is 0 Å². The van der Waals surface area contributed by atoms with Crippen LogP contribution in [0.3, 0.4) is 0 Å². The average Bonchev–Trinajstić information content (AvgIpc) is 3.10. The topological polar surface area (TPSA) is 114 Å². The summed E-state index contributed by atoms with van der Waals surface area (Å²) in [5.74, 6) is -3.59. The quantitative estimate of drug-likeness (QED) is 0.305. The molecule has 1 aliphatic heterocycles. The van der Waals surface area contributed by atoms with Gasteiger partial charge in [0.2, 0.25) is 0 Å². The van der Waals surface area contributed by atoms with Crippen LogP contribution in [-0.2, 0) is 42.9 Å². The van der Waals surface area contributed by atoms with E-state index in [1.165, 1.54) is 20.8 Å². The Balaban J connectivity index is 1.83. The SMILES string of the molecule is C=C1C(=O)C23C(C(OC(C)=O)C[C@@]14OC(C)(C)OC24)[C@@]1(C)C(C[C@H]3OC(C)=O)C(C)(C)CC[C@H]1OC(C)=O. The molecule has 0 amide bonds. The van der Waals surface area contributed by atoms with Crippen LogP contribution in [0.15, 0.2) is 12.2 Å². The van der Waals surface area contributed by atoms with E-state index in [9.17, 15) is 19.2 Å². The molecule has 5 rings (SSSR count). The highest BCUT2D eigenvalue weighted by Gasteiger charge is 2.86. The predicted molar refractivity (Wildman–Crippen MR) is 133 cm³/mol. The lowest BCUT2D eigenvalue weighted by atomic mass is 9.38. The fourth-order valence-electron chi connectivity index (χ4n) is 9.41. The highest BCUT2D eigenvalue weighted by Crippen LogP contribution is 2.75. The molecular weight excluding hydrogens is 492 g/mol. The summed E-state index contributed by atoms with van der Waals surface area (Å²) in [5, 5.41) is 0. The molecule has 9 atom stereocenters. The molecule has 38 heavy (non-hydrogen) atoms. The maximum absolute atomic E-state index is 14.6. The molecule has 0 aromatic heterocycles. The van der Waals surface area contributed by atoms with Crippen LogP contribution in [0, 0.1) is 28.1 Å². The summed E-state index contributed by atoms with van der Waals surface area (Å²) in [7, 11) is 0. The fourth-order valence-corrected chi connectivity index (χ4v) is 9.41. The molecule has 1 heterocycles. The summed E-state index contributed by atoms with van der Waals surface area (Å²) < 4.78 is 31.1. The molecule has 2 bridgehead atoms. The summed E-state index contributed by atoms with van der Waals surface area (Å²) in [6, 6.07) is 0. The van der Waals surface area contributed by atoms with Crippen molar-refractivity contribution in [1.82, 2.24) is 0 Å². The number of rotatable bonds is 3. The third kappa shape index (κ3) is 3.36. The number of ether oxygens (including phenoxy) is 5. The Bertz CT molecular complexity index is 1120. The number of Topliss-reactive ketones (excluding diaryl/α,β-unsaturated/α-hetero) is 1. The van der Waals surface area contributed by atoms with E-state index in [0.717, 1.165) is 6.42 Å². The van der Waals surface area contributed by atoms with Crippen molar-refractivity contribution in [3.63, 3.8) is 0 Å². The Labute approximate surface area is 223 Å². The molecule has 5 fully saturated rings. The molecule has 5 aliphatic rings. The molecule has 9 heteroatoms. The summed E-state index contributed by atoms with van der Waals surface area (Å²) in [6.45, 7) is 18.2. The molecule has 5 unspecified atom stereocenters. The number of carbonyl (C=O) groups is 4. The van der Waals surface area contributed by atoms with Crippen LogP contribution in [0.2, 0.25) is 0 Å². The average molecular weight is 533 g/mol. The smallest absolute Gasteiger partial charge is 0.302 e. The predicted octanol–water partition coefficient (Wildman–Crippen LogP) is 3.66. The monoisotopic (exact) mass is 532 g/mol. The fraction of sp³-hybridized carbons (Fsp3) is 0.793. The van der Waals surface area contributed by atoms with Crippen LogP contribution in [0.25, 0.3) is 0 Å². The van der Waals surface area contributed by atoms with Gasteiger partial charge in [0, 0.05) is 44.1 Å². The van der Waals surface area contributed by atoms with Crippen LogP contribution in [0.5, 0.6) is 0 Å². The second-order valence-corrected chi connectivity index (χ2v) is 13.3. The number of fused-ring (bicyclic) bond motifs is 2. The van der Waals surface area contributed by atoms with Gasteiger partial charge in [-0.3, -0.25) is 19.2 Å². The molecule has 0 radical (unpaired) electrons. The van der Waals surface area contributed by atoms with Crippen molar-refractivity contribution >= 4 is 23.7 Å². The number of esters is 3. The Hall–Kier alpha value is -2.26. The van der Waals surface area contributed by atoms with Crippen LogP contribution < -0.4 is 0 Å². The van der Waals surface area contributed by atoms with Gasteiger partial charge >= 0.3 is 17.9 Å². The van der Waals surface area contributed by atoms with Gasteiger partial charge in [0.1, 0.15) is 35.4 Å². The lowest BCUT2D eigenvalue weighted by molar-refractivity contribution is -0.285. The minimum atomic E-state index is -1.44. The van der Waals surface area contributed by atoms with Crippen molar-refractivity contribution in [2.45, 2.75) is 117 Å². The van der Waals surface area contributed by atoms with E-state index >= 15 is 0 Å². The minimum absolute atomic E-state index is 0.129. The largest absolute Gasteiger partial charge is 0.462 e. The normalized spacial score (nSPS) is 45.9. The molecule has 0 aromatic carbocycles. The summed E-state index contributed by atoms with van der Waals surface area (Å²) in [4.78, 5) is 52.0. The molecule has 0 aromatic rings. The zero-order valence-corrected chi connectivity index (χ0v) is 23.7. The van der Waals surface area contributed by atoms with Gasteiger partial charge in [0.25, 0.3) is 0 Å². The molecular formula is C29H40O9. The van der Waals surface area contributed by atoms with E-state index in [4.69, 9.17) is 23.7 Å². The first-order valence-corrected chi connectivity index (χ1v) is 13.6. The summed E-state index contributed by atoms with van der Waals surface area (Å²) >= 11 is 0. The van der Waals surface area contributed by atoms with Gasteiger partial charge in [-0.05, 0) is 44.4 Å². The van der Waals surface area contributed by atoms with Gasteiger partial charge in [-0.1, -0.05) is 27.4 Å². The van der Waals surface area contributed by atoms with Crippen LogP contribution in [0.1, 0.15) is 81.1 Å². The van der Waals surface area contributed by atoms with Gasteiger partial charge in [-0.15, -0.1) is 0 Å². The van der Waals surface area contributed by atoms with Gasteiger partial charge in [-0.25, -0.2) is 0 Å². The Morgan fingerprint density at radius 1 is 0.921 bits per heavy atom. The molecule has 1 spiro atoms. The van der Waals surface area contributed by atoms with Crippen molar-refractivity contribution in [2.75, 3.05) is 0 Å². The third-order valence-corrected chi connectivity index (χ3v) is 10.3. The van der Waals surface area contributed by atoms with Gasteiger partial charge < -0.3 is 23.7 Å². The number of hydrogen-bond acceptors (Lipinski definition) is 9. The van der Waals surface area contributed by atoms with Crippen molar-refractivity contribution in [2.24, 2.45) is 28.1 Å². The number of carbonyl (C=O) groups excluding carboxylic acids is 4. The summed E-state index contributed by atoms with van der Waals surface area (Å²) in [5.41, 5.74) is -3.49. The van der Waals surface area contributed by atoms with Crippen molar-refractivity contribution < 1.29 is 42.9 Å². The molecule has 0 N–H and O–H groups in total. The van der Waals surface area contributed by atoms with Crippen molar-refractivity contribution in [3.05, 3.63) is 12.2 Å². The van der Waals surface area contributed by atoms with Crippen LogP contribution in [0.4, 0.5) is 0 Å². The number of hydrogen-bond donors (Lipinski definition) is 0. The lowest BCUT2D eigenvalue weighted by Crippen LogP contribution is -2.75. The molecule has 1 saturated heterocycles. The molecule has 210 valence electrons. The van der Waals surface area contributed by atoms with E-state index in [1.54, 1.807) is 13.8 Å². The van der Waals surface area contributed by atoms with Crippen LogP contribution in [-0.4, -0.2) is 59.5 Å². The molecule has 4 aliphatic carbocycles. The Morgan fingerprint density at radius 2 is 1.50 bits per heavy atom. The molecule has 4 saturated carbocycles. The first-order valence-electron chi connectivity index (χ1n) is 13.6. The van der Waals surface area contributed by atoms with Gasteiger partial charge in [0.15, 0.2) is 11.6 Å². The highest BCUT2D eigenvalue weighted by atomic mass is 16.8. The maximum atomic E-state index is 14.6. The van der Waals surface area contributed by atoms with Gasteiger partial charge in [0.05, 0.1) is 0 Å². The second kappa shape index (κ2) is 8.13. The number of ketones is 1.